The fraction of sp³-hybridized carbons (Fsp3) is 0.875. The molecule has 2 aliphatic rings. The van der Waals surface area contributed by atoms with Crippen LogP contribution in [0.25, 0.3) is 0 Å². The fourth-order valence-corrected chi connectivity index (χ4v) is 1.95. The number of carbonyl (C=O) groups is 1. The molecule has 2 heteroatoms. The summed E-state index contributed by atoms with van der Waals surface area (Å²) < 4.78 is 0. The van der Waals surface area contributed by atoms with E-state index in [2.05, 4.69) is 5.32 Å². The predicted octanol–water partition coefficient (Wildman–Crippen LogP) is 0.575. The molecule has 0 amide bonds. The lowest BCUT2D eigenvalue weighted by molar-refractivity contribution is -0.117. The van der Waals surface area contributed by atoms with Crippen molar-refractivity contribution < 1.29 is 4.79 Å². The Labute approximate surface area is 61.0 Å². The summed E-state index contributed by atoms with van der Waals surface area (Å²) in [7, 11) is 0. The van der Waals surface area contributed by atoms with Gasteiger partial charge in [-0.1, -0.05) is 0 Å². The number of ketones is 1. The molecule has 1 aliphatic carbocycles. The predicted molar refractivity (Wildman–Crippen MR) is 38.7 cm³/mol. The van der Waals surface area contributed by atoms with Gasteiger partial charge in [0, 0.05) is 19.5 Å². The quantitative estimate of drug-likeness (QED) is 0.606. The Bertz CT molecular complexity index is 172. The van der Waals surface area contributed by atoms with Gasteiger partial charge in [0.1, 0.15) is 5.78 Å². The smallest absolute Gasteiger partial charge is 0.130 e. The zero-order valence-corrected chi connectivity index (χ0v) is 6.31. The summed E-state index contributed by atoms with van der Waals surface area (Å²) in [6.45, 7) is 4.01. The Balaban J connectivity index is 1.84. The zero-order chi connectivity index (χ0) is 7.19. The SMILES string of the molecule is CC(=O)CC1CC12CNC2. The van der Waals surface area contributed by atoms with E-state index in [1.807, 2.05) is 0 Å². The molecule has 1 heterocycles. The van der Waals surface area contributed by atoms with Gasteiger partial charge in [0.25, 0.3) is 0 Å². The normalized spacial score (nSPS) is 33.5. The van der Waals surface area contributed by atoms with E-state index >= 15 is 0 Å². The average Bonchev–Trinajstić information content (AvgIpc) is 2.37. The molecule has 2 fully saturated rings. The Morgan fingerprint density at radius 2 is 2.40 bits per heavy atom. The number of hydrogen-bond donors (Lipinski definition) is 1. The molecule has 0 bridgehead atoms. The van der Waals surface area contributed by atoms with Crippen LogP contribution in [-0.4, -0.2) is 18.9 Å². The highest BCUT2D eigenvalue weighted by molar-refractivity contribution is 5.76. The summed E-state index contributed by atoms with van der Waals surface area (Å²) in [4.78, 5) is 10.7. The van der Waals surface area contributed by atoms with Crippen molar-refractivity contribution in [2.75, 3.05) is 13.1 Å². The maximum atomic E-state index is 10.7. The van der Waals surface area contributed by atoms with E-state index in [0.717, 1.165) is 25.4 Å². The Hall–Kier alpha value is -0.370. The summed E-state index contributed by atoms with van der Waals surface area (Å²) >= 11 is 0. The van der Waals surface area contributed by atoms with Crippen LogP contribution in [0.4, 0.5) is 0 Å². The lowest BCUT2D eigenvalue weighted by Crippen LogP contribution is -2.45. The maximum absolute atomic E-state index is 10.7. The van der Waals surface area contributed by atoms with Gasteiger partial charge < -0.3 is 10.1 Å². The van der Waals surface area contributed by atoms with Crippen LogP contribution < -0.4 is 5.32 Å². The molecule has 2 nitrogen and oxygen atoms in total. The lowest BCUT2D eigenvalue weighted by Gasteiger charge is -2.28. The van der Waals surface area contributed by atoms with Crippen LogP contribution in [0.3, 0.4) is 0 Å². The molecule has 1 saturated carbocycles. The summed E-state index contributed by atoms with van der Waals surface area (Å²) in [5.41, 5.74) is 0.589. The fourth-order valence-electron chi connectivity index (χ4n) is 1.95. The number of carbonyl (C=O) groups excluding carboxylic acids is 1. The van der Waals surface area contributed by atoms with Gasteiger partial charge >= 0.3 is 0 Å². The van der Waals surface area contributed by atoms with E-state index in [0.29, 0.717) is 11.2 Å². The second-order valence-corrected chi connectivity index (χ2v) is 3.77. The Morgan fingerprint density at radius 1 is 1.70 bits per heavy atom. The first kappa shape index (κ1) is 6.35. The molecule has 1 spiro atoms. The lowest BCUT2D eigenvalue weighted by atomic mass is 9.95. The first-order valence-corrected chi connectivity index (χ1v) is 3.93. The van der Waals surface area contributed by atoms with Gasteiger partial charge in [-0.3, -0.25) is 0 Å². The van der Waals surface area contributed by atoms with Gasteiger partial charge in [0.15, 0.2) is 0 Å². The van der Waals surface area contributed by atoms with Gasteiger partial charge in [0.2, 0.25) is 0 Å². The van der Waals surface area contributed by atoms with Crippen LogP contribution >= 0.6 is 0 Å². The third-order valence-electron chi connectivity index (χ3n) is 2.85. The number of nitrogens with one attached hydrogen (secondary N) is 1. The maximum Gasteiger partial charge on any atom is 0.130 e. The van der Waals surface area contributed by atoms with E-state index in [-0.39, 0.29) is 0 Å². The van der Waals surface area contributed by atoms with Gasteiger partial charge in [-0.05, 0) is 24.7 Å². The van der Waals surface area contributed by atoms with Crippen molar-refractivity contribution in [2.24, 2.45) is 11.3 Å². The highest BCUT2D eigenvalue weighted by Crippen LogP contribution is 2.56. The number of Topliss-reactive ketones (excluding diaryl/α,β-unsaturated/α-hetero) is 1. The van der Waals surface area contributed by atoms with Crippen LogP contribution in [0.2, 0.25) is 0 Å². The Kier molecular flexibility index (Phi) is 1.15. The third-order valence-corrected chi connectivity index (χ3v) is 2.85. The van der Waals surface area contributed by atoms with E-state index < -0.39 is 0 Å². The largest absolute Gasteiger partial charge is 0.316 e. The number of rotatable bonds is 2. The molecule has 2 rings (SSSR count). The monoisotopic (exact) mass is 139 g/mol. The first-order chi connectivity index (χ1) is 4.73. The van der Waals surface area contributed by atoms with Crippen LogP contribution in [0.1, 0.15) is 19.8 Å². The van der Waals surface area contributed by atoms with Crippen molar-refractivity contribution in [3.05, 3.63) is 0 Å². The summed E-state index contributed by atoms with van der Waals surface area (Å²) in [5.74, 6) is 1.08. The molecule has 1 atom stereocenters. The average molecular weight is 139 g/mol. The third kappa shape index (κ3) is 0.788. The standard InChI is InChI=1S/C8H13NO/c1-6(10)2-7-3-8(7)4-9-5-8/h7,9H,2-5H2,1H3. The van der Waals surface area contributed by atoms with Crippen molar-refractivity contribution in [2.45, 2.75) is 19.8 Å². The Morgan fingerprint density at radius 3 is 2.70 bits per heavy atom. The molecule has 0 aromatic heterocycles. The molecule has 1 aliphatic heterocycles. The summed E-state index contributed by atoms with van der Waals surface area (Å²) in [6.07, 6.45) is 2.11. The van der Waals surface area contributed by atoms with Gasteiger partial charge in [-0.25, -0.2) is 0 Å². The zero-order valence-electron chi connectivity index (χ0n) is 6.31. The molecule has 0 radical (unpaired) electrons. The molecular formula is C8H13NO. The molecular weight excluding hydrogens is 126 g/mol. The second kappa shape index (κ2) is 1.82. The summed E-state index contributed by atoms with van der Waals surface area (Å²) in [5, 5.41) is 3.26. The van der Waals surface area contributed by atoms with E-state index in [1.165, 1.54) is 6.42 Å². The van der Waals surface area contributed by atoms with Gasteiger partial charge in [-0.2, -0.15) is 0 Å². The molecule has 1 unspecified atom stereocenters. The van der Waals surface area contributed by atoms with Crippen LogP contribution in [0.15, 0.2) is 0 Å². The van der Waals surface area contributed by atoms with Crippen LogP contribution in [0.5, 0.6) is 0 Å². The molecule has 0 aromatic rings. The van der Waals surface area contributed by atoms with Crippen molar-refractivity contribution in [3.63, 3.8) is 0 Å². The molecule has 56 valence electrons. The van der Waals surface area contributed by atoms with Gasteiger partial charge in [-0.15, -0.1) is 0 Å². The first-order valence-electron chi connectivity index (χ1n) is 3.93. The molecule has 10 heavy (non-hydrogen) atoms. The molecule has 1 N–H and O–H groups in total. The minimum absolute atomic E-state index is 0.355. The highest BCUT2D eigenvalue weighted by Gasteiger charge is 2.57. The minimum Gasteiger partial charge on any atom is -0.316 e. The second-order valence-electron chi connectivity index (χ2n) is 3.77. The summed E-state index contributed by atoms with van der Waals surface area (Å²) in [6, 6.07) is 0. The van der Waals surface area contributed by atoms with Crippen molar-refractivity contribution in [1.29, 1.82) is 0 Å². The van der Waals surface area contributed by atoms with Crippen LogP contribution in [-0.2, 0) is 4.79 Å². The van der Waals surface area contributed by atoms with E-state index in [4.69, 9.17) is 0 Å². The molecule has 1 saturated heterocycles. The van der Waals surface area contributed by atoms with Crippen molar-refractivity contribution in [1.82, 2.24) is 5.32 Å². The molecule has 0 aromatic carbocycles. The minimum atomic E-state index is 0.355. The topological polar surface area (TPSA) is 29.1 Å². The number of hydrogen-bond acceptors (Lipinski definition) is 2. The van der Waals surface area contributed by atoms with Crippen molar-refractivity contribution in [3.8, 4) is 0 Å². The van der Waals surface area contributed by atoms with E-state index in [9.17, 15) is 4.79 Å². The van der Waals surface area contributed by atoms with Gasteiger partial charge in [0.05, 0.1) is 0 Å². The van der Waals surface area contributed by atoms with Crippen molar-refractivity contribution >= 4 is 5.78 Å². The van der Waals surface area contributed by atoms with Crippen LogP contribution in [0, 0.1) is 11.3 Å². The highest BCUT2D eigenvalue weighted by atomic mass is 16.1. The van der Waals surface area contributed by atoms with E-state index in [1.54, 1.807) is 6.92 Å².